The number of ether oxygens (including phenoxy) is 1. The van der Waals surface area contributed by atoms with Crippen LogP contribution in [0.1, 0.15) is 27.9 Å². The van der Waals surface area contributed by atoms with Crippen LogP contribution < -0.4 is 4.90 Å². The molecule has 1 atom stereocenters. The van der Waals surface area contributed by atoms with Gasteiger partial charge in [-0.2, -0.15) is 4.31 Å². The molecule has 0 aliphatic carbocycles. The highest BCUT2D eigenvalue weighted by Crippen LogP contribution is 2.35. The van der Waals surface area contributed by atoms with Gasteiger partial charge in [0.25, 0.3) is 0 Å². The van der Waals surface area contributed by atoms with E-state index in [-0.39, 0.29) is 30.8 Å². The molecule has 0 radical (unpaired) electrons. The Morgan fingerprint density at radius 2 is 1.38 bits per heavy atom. The Morgan fingerprint density at radius 3 is 1.93 bits per heavy atom. The van der Waals surface area contributed by atoms with Crippen molar-refractivity contribution in [1.82, 2.24) is 4.31 Å². The molecule has 1 amide bonds. The van der Waals surface area contributed by atoms with Crippen LogP contribution in [0.3, 0.4) is 0 Å². The lowest BCUT2D eigenvalue weighted by Crippen LogP contribution is -2.59. The SMILES string of the molecule is O=C(OCc1ccccc1)c1ccc(N(Cc2ccc(Br)cc2)C(=O)[C@H]2CCN2S(=O)(=O)c2c(F)c(F)c(F)c(F)c2F)cc1. The number of carbonyl (C=O) groups excluding carboxylic acids is 2. The van der Waals surface area contributed by atoms with Crippen LogP contribution >= 0.6 is 15.9 Å². The number of sulfonamides is 1. The third-order valence-corrected chi connectivity index (χ3v) is 9.60. The van der Waals surface area contributed by atoms with Crippen molar-refractivity contribution >= 4 is 43.5 Å². The van der Waals surface area contributed by atoms with E-state index in [0.717, 1.165) is 10.0 Å². The maximum absolute atomic E-state index is 14.5. The van der Waals surface area contributed by atoms with Crippen LogP contribution in [0.25, 0.3) is 0 Å². The van der Waals surface area contributed by atoms with Gasteiger partial charge < -0.3 is 9.64 Å². The number of anilines is 1. The summed E-state index contributed by atoms with van der Waals surface area (Å²) < 4.78 is 103. The van der Waals surface area contributed by atoms with Crippen molar-refractivity contribution in [1.29, 1.82) is 0 Å². The van der Waals surface area contributed by atoms with Crippen molar-refractivity contribution < 1.29 is 44.7 Å². The Bertz CT molecular complexity index is 1830. The summed E-state index contributed by atoms with van der Waals surface area (Å²) in [6.45, 7) is -0.460. The number of halogens is 6. The molecule has 0 spiro atoms. The average molecular weight is 709 g/mol. The normalized spacial score (nSPS) is 14.9. The molecule has 7 nitrogen and oxygen atoms in total. The van der Waals surface area contributed by atoms with Gasteiger partial charge in [-0.3, -0.25) is 4.79 Å². The molecule has 0 N–H and O–H groups in total. The first-order valence-electron chi connectivity index (χ1n) is 13.3. The molecule has 1 heterocycles. The highest BCUT2D eigenvalue weighted by molar-refractivity contribution is 9.10. The molecule has 1 saturated heterocycles. The molecular formula is C31H22BrF5N2O5S. The molecule has 4 aromatic rings. The van der Waals surface area contributed by atoms with E-state index >= 15 is 0 Å². The average Bonchev–Trinajstić information content (AvgIpc) is 3.01. The lowest BCUT2D eigenvalue weighted by atomic mass is 10.0. The predicted molar refractivity (Wildman–Crippen MR) is 156 cm³/mol. The van der Waals surface area contributed by atoms with Crippen molar-refractivity contribution in [3.63, 3.8) is 0 Å². The summed E-state index contributed by atoms with van der Waals surface area (Å²) in [6.07, 6.45) is -0.0891. The number of esters is 1. The number of carbonyl (C=O) groups is 2. The third kappa shape index (κ3) is 6.49. The van der Waals surface area contributed by atoms with E-state index < -0.39 is 68.5 Å². The number of hydrogen-bond acceptors (Lipinski definition) is 5. The van der Waals surface area contributed by atoms with E-state index in [0.29, 0.717) is 9.87 Å². The van der Waals surface area contributed by atoms with Gasteiger partial charge in [0.1, 0.15) is 12.6 Å². The summed E-state index contributed by atoms with van der Waals surface area (Å²) in [6, 6.07) is 20.0. The number of hydrogen-bond donors (Lipinski definition) is 0. The molecule has 0 bridgehead atoms. The molecule has 1 aliphatic rings. The lowest BCUT2D eigenvalue weighted by Gasteiger charge is -2.41. The van der Waals surface area contributed by atoms with Gasteiger partial charge in [-0.05, 0) is 53.9 Å². The van der Waals surface area contributed by atoms with Crippen LogP contribution in [0.15, 0.2) is 88.2 Å². The number of benzene rings is 4. The minimum absolute atomic E-state index is 0.0324. The topological polar surface area (TPSA) is 84.0 Å². The van der Waals surface area contributed by atoms with Crippen molar-refractivity contribution in [2.45, 2.75) is 30.5 Å². The summed E-state index contributed by atoms with van der Waals surface area (Å²) in [5.74, 6) is -13.8. The van der Waals surface area contributed by atoms with Gasteiger partial charge in [0, 0.05) is 16.7 Å². The first kappa shape index (κ1) is 32.3. The van der Waals surface area contributed by atoms with E-state index in [1.807, 2.05) is 6.07 Å². The van der Waals surface area contributed by atoms with E-state index in [2.05, 4.69) is 15.9 Å². The second-order valence-electron chi connectivity index (χ2n) is 9.98. The second kappa shape index (κ2) is 13.1. The zero-order chi connectivity index (χ0) is 32.5. The van der Waals surface area contributed by atoms with Crippen molar-refractivity contribution in [2.24, 2.45) is 0 Å². The monoisotopic (exact) mass is 708 g/mol. The molecule has 0 aromatic heterocycles. The van der Waals surface area contributed by atoms with E-state index in [4.69, 9.17) is 4.74 Å². The van der Waals surface area contributed by atoms with Gasteiger partial charge in [-0.15, -0.1) is 0 Å². The van der Waals surface area contributed by atoms with Crippen LogP contribution in [-0.2, 0) is 32.7 Å². The molecule has 0 saturated carbocycles. The summed E-state index contributed by atoms with van der Waals surface area (Å²) >= 11 is 3.32. The minimum atomic E-state index is -5.34. The number of nitrogens with zero attached hydrogens (tertiary/aromatic N) is 2. The van der Waals surface area contributed by atoms with Gasteiger partial charge in [-0.1, -0.05) is 58.4 Å². The highest BCUT2D eigenvalue weighted by Gasteiger charge is 2.48. The Kier molecular flexibility index (Phi) is 9.37. The zero-order valence-corrected chi connectivity index (χ0v) is 25.4. The van der Waals surface area contributed by atoms with Gasteiger partial charge >= 0.3 is 5.97 Å². The Hall–Kier alpha value is -4.14. The molecule has 45 heavy (non-hydrogen) atoms. The molecule has 14 heteroatoms. The van der Waals surface area contributed by atoms with Gasteiger partial charge in [-0.25, -0.2) is 35.2 Å². The molecule has 1 aliphatic heterocycles. The smallest absolute Gasteiger partial charge is 0.338 e. The molecule has 1 fully saturated rings. The standard InChI is InChI=1S/C31H22BrF5N2O5S/c32-21-10-6-18(7-11-21)16-38(22-12-8-20(9-13-22)31(41)44-17-19-4-2-1-3-5-19)30(40)23-14-15-39(23)45(42,43)29-27(36)25(34)24(33)26(35)28(29)37/h1-13,23H,14-17H2/t23-/m1/s1. The van der Waals surface area contributed by atoms with Crippen molar-refractivity contribution in [3.8, 4) is 0 Å². The summed E-state index contributed by atoms with van der Waals surface area (Å²) in [7, 11) is -5.34. The van der Waals surface area contributed by atoms with Crippen LogP contribution in [0, 0.1) is 29.1 Å². The molecular weight excluding hydrogens is 687 g/mol. The zero-order valence-electron chi connectivity index (χ0n) is 23.0. The minimum Gasteiger partial charge on any atom is -0.457 e. The van der Waals surface area contributed by atoms with Gasteiger partial charge in [0.05, 0.1) is 12.1 Å². The van der Waals surface area contributed by atoms with Gasteiger partial charge in [0.2, 0.25) is 21.7 Å². The molecule has 0 unspecified atom stereocenters. The van der Waals surface area contributed by atoms with E-state index in [1.165, 1.54) is 29.2 Å². The third-order valence-electron chi connectivity index (χ3n) is 7.14. The fourth-order valence-electron chi connectivity index (χ4n) is 4.66. The number of rotatable bonds is 9. The van der Waals surface area contributed by atoms with Crippen LogP contribution in [0.4, 0.5) is 27.6 Å². The summed E-state index contributed by atoms with van der Waals surface area (Å²) in [4.78, 5) is 25.6. The fraction of sp³-hybridized carbons (Fsp3) is 0.161. The summed E-state index contributed by atoms with van der Waals surface area (Å²) in [5.41, 5.74) is 1.80. The van der Waals surface area contributed by atoms with E-state index in [1.54, 1.807) is 48.5 Å². The van der Waals surface area contributed by atoms with Gasteiger partial charge in [0.15, 0.2) is 28.2 Å². The lowest BCUT2D eigenvalue weighted by molar-refractivity contribution is -0.125. The first-order valence-corrected chi connectivity index (χ1v) is 15.5. The van der Waals surface area contributed by atoms with Crippen LogP contribution in [0.2, 0.25) is 0 Å². The Labute approximate surface area is 263 Å². The van der Waals surface area contributed by atoms with Crippen molar-refractivity contribution in [3.05, 3.63) is 129 Å². The maximum Gasteiger partial charge on any atom is 0.338 e. The molecule has 4 aromatic carbocycles. The largest absolute Gasteiger partial charge is 0.457 e. The second-order valence-corrected chi connectivity index (χ2v) is 12.7. The Balaban J connectivity index is 1.43. The first-order chi connectivity index (χ1) is 21.4. The number of amides is 1. The van der Waals surface area contributed by atoms with Crippen molar-refractivity contribution in [2.75, 3.05) is 11.4 Å². The fourth-order valence-corrected chi connectivity index (χ4v) is 6.67. The highest BCUT2D eigenvalue weighted by atomic mass is 79.9. The predicted octanol–water partition coefficient (Wildman–Crippen LogP) is 6.50. The Morgan fingerprint density at radius 1 is 0.800 bits per heavy atom. The summed E-state index contributed by atoms with van der Waals surface area (Å²) in [5, 5.41) is 0. The van der Waals surface area contributed by atoms with Crippen LogP contribution in [0.5, 0.6) is 0 Å². The molecule has 5 rings (SSSR count). The molecule has 234 valence electrons. The maximum atomic E-state index is 14.5. The quantitative estimate of drug-likeness (QED) is 0.0859. The van der Waals surface area contributed by atoms with Crippen LogP contribution in [-0.4, -0.2) is 37.2 Å². The van der Waals surface area contributed by atoms with E-state index in [9.17, 15) is 40.0 Å².